The third-order valence-electron chi connectivity index (χ3n) is 4.92. The maximum atomic E-state index is 13.6. The topological polar surface area (TPSA) is 41.1 Å². The molecular weight excluding hydrogens is 370 g/mol. The highest BCUT2D eigenvalue weighted by Crippen LogP contribution is 2.27. The Balaban J connectivity index is 0.00000261. The van der Waals surface area contributed by atoms with Gasteiger partial charge in [0.15, 0.2) is 11.6 Å². The van der Waals surface area contributed by atoms with E-state index in [-0.39, 0.29) is 30.3 Å². The SMILES string of the molecule is Cc1cccc(CCC(=O)NC2CNCCC2c2ccc(F)c(F)c2)c1.Cl. The summed E-state index contributed by atoms with van der Waals surface area (Å²) in [5.74, 6) is -1.73. The summed E-state index contributed by atoms with van der Waals surface area (Å²) in [5, 5.41) is 6.33. The van der Waals surface area contributed by atoms with Gasteiger partial charge in [-0.2, -0.15) is 0 Å². The molecule has 3 rings (SSSR count). The number of halogens is 3. The summed E-state index contributed by atoms with van der Waals surface area (Å²) in [6.07, 6.45) is 1.86. The van der Waals surface area contributed by atoms with Crippen LogP contribution in [0.1, 0.15) is 35.4 Å². The van der Waals surface area contributed by atoms with Gasteiger partial charge in [0.2, 0.25) is 5.91 Å². The molecule has 27 heavy (non-hydrogen) atoms. The van der Waals surface area contributed by atoms with Crippen molar-refractivity contribution in [3.8, 4) is 0 Å². The van der Waals surface area contributed by atoms with Crippen molar-refractivity contribution in [3.63, 3.8) is 0 Å². The van der Waals surface area contributed by atoms with Crippen molar-refractivity contribution in [2.24, 2.45) is 0 Å². The van der Waals surface area contributed by atoms with Gasteiger partial charge in [0.1, 0.15) is 0 Å². The third-order valence-corrected chi connectivity index (χ3v) is 4.92. The summed E-state index contributed by atoms with van der Waals surface area (Å²) in [7, 11) is 0. The number of hydrogen-bond acceptors (Lipinski definition) is 2. The highest BCUT2D eigenvalue weighted by atomic mass is 35.5. The Morgan fingerprint density at radius 1 is 1.19 bits per heavy atom. The van der Waals surface area contributed by atoms with E-state index in [1.165, 1.54) is 11.6 Å². The Kier molecular flexibility index (Phi) is 7.75. The zero-order valence-electron chi connectivity index (χ0n) is 15.3. The number of benzene rings is 2. The highest BCUT2D eigenvalue weighted by Gasteiger charge is 2.28. The Morgan fingerprint density at radius 3 is 2.74 bits per heavy atom. The molecule has 2 N–H and O–H groups in total. The van der Waals surface area contributed by atoms with Gasteiger partial charge in [0, 0.05) is 24.9 Å². The number of piperidine rings is 1. The van der Waals surface area contributed by atoms with Crippen LogP contribution < -0.4 is 10.6 Å². The number of nitrogens with one attached hydrogen (secondary N) is 2. The summed E-state index contributed by atoms with van der Waals surface area (Å²) in [5.41, 5.74) is 3.05. The van der Waals surface area contributed by atoms with E-state index in [9.17, 15) is 13.6 Å². The molecule has 146 valence electrons. The van der Waals surface area contributed by atoms with E-state index in [0.29, 0.717) is 19.4 Å². The molecule has 0 aliphatic carbocycles. The van der Waals surface area contributed by atoms with Gasteiger partial charge in [-0.3, -0.25) is 4.79 Å². The number of amides is 1. The van der Waals surface area contributed by atoms with E-state index < -0.39 is 11.6 Å². The van der Waals surface area contributed by atoms with Crippen molar-refractivity contribution >= 4 is 18.3 Å². The number of rotatable bonds is 5. The molecule has 1 heterocycles. The molecule has 1 amide bonds. The molecule has 1 aliphatic rings. The molecule has 3 nitrogen and oxygen atoms in total. The fourth-order valence-electron chi connectivity index (χ4n) is 3.56. The molecule has 0 bridgehead atoms. The molecule has 1 aliphatic heterocycles. The Bertz CT molecular complexity index is 785. The number of carbonyl (C=O) groups excluding carboxylic acids is 1. The third kappa shape index (κ3) is 5.75. The van der Waals surface area contributed by atoms with Gasteiger partial charge in [0.05, 0.1) is 0 Å². The smallest absolute Gasteiger partial charge is 0.220 e. The monoisotopic (exact) mass is 394 g/mol. The summed E-state index contributed by atoms with van der Waals surface area (Å²) < 4.78 is 26.8. The molecule has 0 aromatic heterocycles. The first-order valence-electron chi connectivity index (χ1n) is 9.03. The predicted molar refractivity (Wildman–Crippen MR) is 105 cm³/mol. The van der Waals surface area contributed by atoms with Crippen LogP contribution in [-0.2, 0) is 11.2 Å². The summed E-state index contributed by atoms with van der Waals surface area (Å²) >= 11 is 0. The molecule has 0 saturated carbocycles. The zero-order valence-corrected chi connectivity index (χ0v) is 16.1. The molecule has 2 unspecified atom stereocenters. The van der Waals surface area contributed by atoms with Crippen molar-refractivity contribution in [3.05, 3.63) is 70.8 Å². The largest absolute Gasteiger partial charge is 0.351 e. The zero-order chi connectivity index (χ0) is 18.5. The van der Waals surface area contributed by atoms with Crippen LogP contribution in [-0.4, -0.2) is 25.0 Å². The van der Waals surface area contributed by atoms with E-state index in [0.717, 1.165) is 30.2 Å². The average Bonchev–Trinajstić information content (AvgIpc) is 2.63. The van der Waals surface area contributed by atoms with Crippen LogP contribution >= 0.6 is 12.4 Å². The van der Waals surface area contributed by atoms with Crippen LogP contribution in [0.25, 0.3) is 0 Å². The first-order chi connectivity index (χ1) is 12.5. The Morgan fingerprint density at radius 2 is 2.00 bits per heavy atom. The number of hydrogen-bond donors (Lipinski definition) is 2. The van der Waals surface area contributed by atoms with Crippen molar-refractivity contribution < 1.29 is 13.6 Å². The van der Waals surface area contributed by atoms with E-state index in [2.05, 4.69) is 16.7 Å². The second-order valence-electron chi connectivity index (χ2n) is 6.94. The lowest BCUT2D eigenvalue weighted by molar-refractivity contribution is -0.122. The van der Waals surface area contributed by atoms with Crippen molar-refractivity contribution in [1.29, 1.82) is 0 Å². The Hall–Kier alpha value is -1.98. The lowest BCUT2D eigenvalue weighted by Gasteiger charge is -2.33. The van der Waals surface area contributed by atoms with Crippen LogP contribution in [0.5, 0.6) is 0 Å². The van der Waals surface area contributed by atoms with Crippen LogP contribution in [0.15, 0.2) is 42.5 Å². The normalized spacial score (nSPS) is 19.2. The van der Waals surface area contributed by atoms with Gasteiger partial charge in [-0.15, -0.1) is 12.4 Å². The van der Waals surface area contributed by atoms with Gasteiger partial charge >= 0.3 is 0 Å². The van der Waals surface area contributed by atoms with Crippen LogP contribution in [0.4, 0.5) is 8.78 Å². The van der Waals surface area contributed by atoms with Crippen LogP contribution in [0, 0.1) is 18.6 Å². The van der Waals surface area contributed by atoms with E-state index in [1.54, 1.807) is 6.07 Å². The molecule has 2 aromatic rings. The minimum absolute atomic E-state index is 0. The van der Waals surface area contributed by atoms with Gasteiger partial charge in [-0.05, 0) is 49.6 Å². The predicted octanol–water partition coefficient (Wildman–Crippen LogP) is 3.89. The molecule has 0 radical (unpaired) electrons. The average molecular weight is 395 g/mol. The maximum Gasteiger partial charge on any atom is 0.220 e. The van der Waals surface area contributed by atoms with Crippen molar-refractivity contribution in [2.45, 2.75) is 38.1 Å². The molecule has 2 aromatic carbocycles. The quantitative estimate of drug-likeness (QED) is 0.807. The fourth-order valence-corrected chi connectivity index (χ4v) is 3.56. The molecule has 1 fully saturated rings. The van der Waals surface area contributed by atoms with Crippen LogP contribution in [0.3, 0.4) is 0 Å². The summed E-state index contributed by atoms with van der Waals surface area (Å²) in [6.45, 7) is 3.45. The van der Waals surface area contributed by atoms with Gasteiger partial charge in [0.25, 0.3) is 0 Å². The van der Waals surface area contributed by atoms with Crippen molar-refractivity contribution in [2.75, 3.05) is 13.1 Å². The van der Waals surface area contributed by atoms with E-state index in [4.69, 9.17) is 0 Å². The second-order valence-corrected chi connectivity index (χ2v) is 6.94. The molecule has 1 saturated heterocycles. The lowest BCUT2D eigenvalue weighted by atomic mass is 9.86. The fraction of sp³-hybridized carbons (Fsp3) is 0.381. The van der Waals surface area contributed by atoms with Gasteiger partial charge in [-0.25, -0.2) is 8.78 Å². The lowest BCUT2D eigenvalue weighted by Crippen LogP contribution is -2.50. The van der Waals surface area contributed by atoms with Gasteiger partial charge in [-0.1, -0.05) is 35.9 Å². The molecule has 6 heteroatoms. The summed E-state index contributed by atoms with van der Waals surface area (Å²) in [6, 6.07) is 12.0. The van der Waals surface area contributed by atoms with Gasteiger partial charge < -0.3 is 10.6 Å². The molecule has 2 atom stereocenters. The first kappa shape index (κ1) is 21.3. The number of aryl methyl sites for hydroxylation is 2. The first-order valence-corrected chi connectivity index (χ1v) is 9.03. The molecular formula is C21H25ClF2N2O. The van der Waals surface area contributed by atoms with Crippen molar-refractivity contribution in [1.82, 2.24) is 10.6 Å². The van der Waals surface area contributed by atoms with E-state index in [1.807, 2.05) is 25.1 Å². The Labute approximate surface area is 165 Å². The summed E-state index contributed by atoms with van der Waals surface area (Å²) in [4.78, 5) is 12.4. The minimum Gasteiger partial charge on any atom is -0.351 e. The highest BCUT2D eigenvalue weighted by molar-refractivity contribution is 5.85. The minimum atomic E-state index is -0.846. The standard InChI is InChI=1S/C21H24F2N2O.ClH/c1-14-3-2-4-15(11-14)5-8-21(26)25-20-13-24-10-9-17(20)16-6-7-18(22)19(23)12-16;/h2-4,6-7,11-12,17,20,24H,5,8-10,13H2,1H3,(H,25,26);1H. The number of carbonyl (C=O) groups is 1. The molecule has 0 spiro atoms. The second kappa shape index (κ2) is 9.81. The maximum absolute atomic E-state index is 13.6. The van der Waals surface area contributed by atoms with Crippen LogP contribution in [0.2, 0.25) is 0 Å². The van der Waals surface area contributed by atoms with E-state index >= 15 is 0 Å².